The molecule has 0 amide bonds. The minimum Gasteiger partial charge on any atom is -0.443 e. The molecule has 1 heterocycles. The molecule has 2 rings (SSSR count). The molecule has 0 saturated heterocycles. The smallest absolute Gasteiger partial charge is 0.181 e. The van der Waals surface area contributed by atoms with Gasteiger partial charge in [-0.25, -0.2) is 4.98 Å². The van der Waals surface area contributed by atoms with Crippen molar-refractivity contribution in [1.82, 2.24) is 4.98 Å². The molecule has 1 aromatic heterocycles. The van der Waals surface area contributed by atoms with Crippen LogP contribution >= 0.6 is 0 Å². The summed E-state index contributed by atoms with van der Waals surface area (Å²) in [5.41, 5.74) is 4.76. The first kappa shape index (κ1) is 12.2. The van der Waals surface area contributed by atoms with Crippen molar-refractivity contribution in [3.63, 3.8) is 0 Å². The van der Waals surface area contributed by atoms with Gasteiger partial charge in [0, 0.05) is 0 Å². The number of oxazole rings is 1. The van der Waals surface area contributed by atoms with Gasteiger partial charge in [0.05, 0.1) is 0 Å². The van der Waals surface area contributed by atoms with E-state index in [0.29, 0.717) is 0 Å². The first-order valence-corrected chi connectivity index (χ1v) is 6.08. The molecule has 0 N–H and O–H groups in total. The molecule has 2 nitrogen and oxygen atoms in total. The van der Waals surface area contributed by atoms with Gasteiger partial charge in [0.25, 0.3) is 0 Å². The highest BCUT2D eigenvalue weighted by atomic mass is 16.3. The second-order valence-electron chi connectivity index (χ2n) is 6.72. The quantitative estimate of drug-likeness (QED) is 0.670. The van der Waals surface area contributed by atoms with Gasteiger partial charge in [0.15, 0.2) is 12.0 Å². The molecule has 0 radical (unpaired) electrons. The maximum atomic E-state index is 5.41. The molecule has 17 heavy (non-hydrogen) atoms. The molecule has 0 aliphatic carbocycles. The Hall–Kier alpha value is -1.31. The van der Waals surface area contributed by atoms with Gasteiger partial charge in [0.2, 0.25) is 0 Å². The Morgan fingerprint density at radius 1 is 0.882 bits per heavy atom. The topological polar surface area (TPSA) is 26.0 Å². The van der Waals surface area contributed by atoms with E-state index in [1.807, 2.05) is 0 Å². The van der Waals surface area contributed by atoms with Gasteiger partial charge in [-0.1, -0.05) is 41.5 Å². The summed E-state index contributed by atoms with van der Waals surface area (Å²) in [5.74, 6) is 0. The highest BCUT2D eigenvalue weighted by molar-refractivity contribution is 5.75. The first-order valence-electron chi connectivity index (χ1n) is 6.08. The van der Waals surface area contributed by atoms with Crippen LogP contribution in [0.1, 0.15) is 52.7 Å². The van der Waals surface area contributed by atoms with Crippen molar-refractivity contribution >= 4 is 11.1 Å². The summed E-state index contributed by atoms with van der Waals surface area (Å²) in [6.45, 7) is 13.4. The van der Waals surface area contributed by atoms with Crippen LogP contribution in [0, 0.1) is 0 Å². The summed E-state index contributed by atoms with van der Waals surface area (Å²) in [6.07, 6.45) is 1.52. The van der Waals surface area contributed by atoms with E-state index < -0.39 is 0 Å². The van der Waals surface area contributed by atoms with Crippen LogP contribution in [0.5, 0.6) is 0 Å². The van der Waals surface area contributed by atoms with Crippen LogP contribution in [0.2, 0.25) is 0 Å². The fourth-order valence-electron chi connectivity index (χ4n) is 2.14. The lowest BCUT2D eigenvalue weighted by Crippen LogP contribution is -2.21. The van der Waals surface area contributed by atoms with Gasteiger partial charge in [-0.3, -0.25) is 0 Å². The number of nitrogens with zero attached hydrogens (tertiary/aromatic N) is 1. The highest BCUT2D eigenvalue weighted by Crippen LogP contribution is 2.36. The average Bonchev–Trinajstić information content (AvgIpc) is 2.59. The Bertz CT molecular complexity index is 490. The fraction of sp³-hybridized carbons (Fsp3) is 0.533. The second kappa shape index (κ2) is 3.59. The molecule has 0 fully saturated rings. The molecular weight excluding hydrogens is 210 g/mol. The van der Waals surface area contributed by atoms with Crippen molar-refractivity contribution in [2.45, 2.75) is 52.4 Å². The predicted molar refractivity (Wildman–Crippen MR) is 71.4 cm³/mol. The lowest BCUT2D eigenvalue weighted by molar-refractivity contribution is 0.529. The van der Waals surface area contributed by atoms with E-state index in [1.54, 1.807) is 0 Å². The molecule has 0 atom stereocenters. The van der Waals surface area contributed by atoms with E-state index in [1.165, 1.54) is 17.5 Å². The van der Waals surface area contributed by atoms with E-state index in [2.05, 4.69) is 58.7 Å². The molecule has 0 aliphatic heterocycles. The van der Waals surface area contributed by atoms with Gasteiger partial charge < -0.3 is 4.42 Å². The summed E-state index contributed by atoms with van der Waals surface area (Å²) in [4.78, 5) is 4.25. The monoisotopic (exact) mass is 231 g/mol. The van der Waals surface area contributed by atoms with E-state index in [0.717, 1.165) is 11.1 Å². The second-order valence-corrected chi connectivity index (χ2v) is 6.72. The Labute approximate surface area is 103 Å². The number of benzene rings is 1. The van der Waals surface area contributed by atoms with Crippen LogP contribution in [0.15, 0.2) is 22.9 Å². The zero-order valence-corrected chi connectivity index (χ0v) is 11.6. The zero-order valence-electron chi connectivity index (χ0n) is 11.6. The van der Waals surface area contributed by atoms with Gasteiger partial charge in [0.1, 0.15) is 5.52 Å². The maximum absolute atomic E-state index is 5.41. The Balaban J connectivity index is 2.78. The summed E-state index contributed by atoms with van der Waals surface area (Å²) >= 11 is 0. The Kier molecular flexibility index (Phi) is 2.57. The van der Waals surface area contributed by atoms with Gasteiger partial charge in [-0.05, 0) is 34.1 Å². The SMILES string of the molecule is CC(C)(C)c1cc2ncoc2cc1C(C)(C)C. The normalized spacial score (nSPS) is 13.3. The van der Waals surface area contributed by atoms with Crippen LogP contribution in [-0.4, -0.2) is 4.98 Å². The number of hydrogen-bond donors (Lipinski definition) is 0. The molecular formula is C15H21NO. The van der Waals surface area contributed by atoms with E-state index in [-0.39, 0.29) is 10.8 Å². The van der Waals surface area contributed by atoms with E-state index in [9.17, 15) is 0 Å². The van der Waals surface area contributed by atoms with Crippen molar-refractivity contribution in [2.24, 2.45) is 0 Å². The molecule has 0 saturated carbocycles. The Morgan fingerprint density at radius 3 is 1.94 bits per heavy atom. The van der Waals surface area contributed by atoms with Gasteiger partial charge in [-0.15, -0.1) is 0 Å². The third-order valence-corrected chi connectivity index (χ3v) is 3.09. The molecule has 92 valence electrons. The predicted octanol–water partition coefficient (Wildman–Crippen LogP) is 4.42. The average molecular weight is 231 g/mol. The third-order valence-electron chi connectivity index (χ3n) is 3.09. The summed E-state index contributed by atoms with van der Waals surface area (Å²) < 4.78 is 5.41. The minimum atomic E-state index is 0.115. The molecule has 2 aromatic rings. The number of fused-ring (bicyclic) bond motifs is 1. The minimum absolute atomic E-state index is 0.115. The lowest BCUT2D eigenvalue weighted by Gasteiger charge is -2.29. The highest BCUT2D eigenvalue weighted by Gasteiger charge is 2.26. The maximum Gasteiger partial charge on any atom is 0.181 e. The molecule has 0 spiro atoms. The van der Waals surface area contributed by atoms with Crippen LogP contribution < -0.4 is 0 Å². The summed E-state index contributed by atoms with van der Waals surface area (Å²) in [7, 11) is 0. The van der Waals surface area contributed by atoms with Gasteiger partial charge in [-0.2, -0.15) is 0 Å². The first-order chi connectivity index (χ1) is 7.69. The van der Waals surface area contributed by atoms with E-state index >= 15 is 0 Å². The summed E-state index contributed by atoms with van der Waals surface area (Å²) in [6, 6.07) is 4.31. The van der Waals surface area contributed by atoms with Gasteiger partial charge >= 0.3 is 0 Å². The van der Waals surface area contributed by atoms with Crippen molar-refractivity contribution in [2.75, 3.05) is 0 Å². The third kappa shape index (κ3) is 2.21. The van der Waals surface area contributed by atoms with Crippen LogP contribution in [0.4, 0.5) is 0 Å². The molecule has 0 unspecified atom stereocenters. The molecule has 2 heteroatoms. The zero-order chi connectivity index (χ0) is 12.8. The largest absolute Gasteiger partial charge is 0.443 e. The fourth-order valence-corrected chi connectivity index (χ4v) is 2.14. The van der Waals surface area contributed by atoms with E-state index in [4.69, 9.17) is 4.42 Å². The standard InChI is InChI=1S/C15H21NO/c1-14(2,3)10-7-12-13(17-9-16-12)8-11(10)15(4,5)6/h7-9H,1-6H3. The van der Waals surface area contributed by atoms with Crippen LogP contribution in [0.3, 0.4) is 0 Å². The molecule has 0 aliphatic rings. The number of hydrogen-bond acceptors (Lipinski definition) is 2. The molecule has 1 aromatic carbocycles. The van der Waals surface area contributed by atoms with Crippen molar-refractivity contribution in [1.29, 1.82) is 0 Å². The van der Waals surface area contributed by atoms with Crippen LogP contribution in [0.25, 0.3) is 11.1 Å². The summed E-state index contributed by atoms with van der Waals surface area (Å²) in [5, 5.41) is 0. The lowest BCUT2D eigenvalue weighted by atomic mass is 9.75. The number of rotatable bonds is 0. The van der Waals surface area contributed by atoms with Crippen LogP contribution in [-0.2, 0) is 10.8 Å². The number of aromatic nitrogens is 1. The Morgan fingerprint density at radius 2 is 1.41 bits per heavy atom. The van der Waals surface area contributed by atoms with Crippen molar-refractivity contribution < 1.29 is 4.42 Å². The van der Waals surface area contributed by atoms with Crippen molar-refractivity contribution in [3.8, 4) is 0 Å². The molecule has 0 bridgehead atoms. The van der Waals surface area contributed by atoms with Crippen molar-refractivity contribution in [3.05, 3.63) is 29.7 Å².